The third-order valence-corrected chi connectivity index (χ3v) is 4.29. The molecule has 1 aliphatic carbocycles. The number of hydrogen-bond donors (Lipinski definition) is 2. The molecule has 0 bridgehead atoms. The van der Waals surface area contributed by atoms with Crippen molar-refractivity contribution in [1.82, 2.24) is 4.90 Å². The molecule has 1 saturated heterocycles. The summed E-state index contributed by atoms with van der Waals surface area (Å²) < 4.78 is 0. The average molecular weight is 226 g/mol. The number of rotatable bonds is 2. The van der Waals surface area contributed by atoms with Gasteiger partial charge in [-0.15, -0.1) is 0 Å². The zero-order valence-electron chi connectivity index (χ0n) is 10.3. The van der Waals surface area contributed by atoms with Gasteiger partial charge in [0.25, 0.3) is 0 Å². The SMILES string of the molecule is NC1CCCC(N2CCCCCC2CO)C1. The Labute approximate surface area is 99.0 Å². The summed E-state index contributed by atoms with van der Waals surface area (Å²) in [6, 6.07) is 1.43. The normalized spacial score (nSPS) is 38.2. The van der Waals surface area contributed by atoms with Gasteiger partial charge in [0.2, 0.25) is 0 Å². The number of aliphatic hydroxyl groups is 1. The fraction of sp³-hybridized carbons (Fsp3) is 1.00. The first kappa shape index (κ1) is 12.3. The molecule has 3 N–H and O–H groups in total. The highest BCUT2D eigenvalue weighted by molar-refractivity contribution is 4.86. The number of aliphatic hydroxyl groups excluding tert-OH is 1. The molecule has 0 aromatic heterocycles. The molecule has 94 valence electrons. The van der Waals surface area contributed by atoms with E-state index >= 15 is 0 Å². The Kier molecular flexibility index (Phi) is 4.62. The van der Waals surface area contributed by atoms with Gasteiger partial charge in [0.15, 0.2) is 0 Å². The molecule has 0 spiro atoms. The Hall–Kier alpha value is -0.120. The van der Waals surface area contributed by atoms with Crippen molar-refractivity contribution in [2.75, 3.05) is 13.2 Å². The van der Waals surface area contributed by atoms with Crippen LogP contribution >= 0.6 is 0 Å². The molecule has 2 rings (SSSR count). The van der Waals surface area contributed by atoms with Crippen LogP contribution in [-0.2, 0) is 0 Å². The van der Waals surface area contributed by atoms with Crippen LogP contribution in [0.3, 0.4) is 0 Å². The predicted molar refractivity (Wildman–Crippen MR) is 66.3 cm³/mol. The lowest BCUT2D eigenvalue weighted by atomic mass is 9.89. The maximum atomic E-state index is 9.51. The second kappa shape index (κ2) is 5.99. The van der Waals surface area contributed by atoms with E-state index in [0.29, 0.717) is 24.7 Å². The molecule has 3 atom stereocenters. The summed E-state index contributed by atoms with van der Waals surface area (Å²) in [5.74, 6) is 0. The maximum Gasteiger partial charge on any atom is 0.0586 e. The Bertz CT molecular complexity index is 210. The van der Waals surface area contributed by atoms with E-state index in [0.717, 1.165) is 6.42 Å². The largest absolute Gasteiger partial charge is 0.395 e. The van der Waals surface area contributed by atoms with Gasteiger partial charge in [0, 0.05) is 18.1 Å². The van der Waals surface area contributed by atoms with Crippen LogP contribution in [0.1, 0.15) is 51.4 Å². The highest BCUT2D eigenvalue weighted by Gasteiger charge is 2.30. The number of hydrogen-bond acceptors (Lipinski definition) is 3. The van der Waals surface area contributed by atoms with E-state index in [1.54, 1.807) is 0 Å². The zero-order chi connectivity index (χ0) is 11.4. The molecule has 0 amide bonds. The summed E-state index contributed by atoms with van der Waals surface area (Å²) in [5.41, 5.74) is 6.07. The van der Waals surface area contributed by atoms with Crippen LogP contribution in [0.25, 0.3) is 0 Å². The topological polar surface area (TPSA) is 49.5 Å². The fourth-order valence-electron chi connectivity index (χ4n) is 3.38. The molecule has 2 aliphatic rings. The first-order valence-corrected chi connectivity index (χ1v) is 6.93. The van der Waals surface area contributed by atoms with Gasteiger partial charge in [-0.25, -0.2) is 0 Å². The van der Waals surface area contributed by atoms with Gasteiger partial charge >= 0.3 is 0 Å². The first-order chi connectivity index (χ1) is 7.81. The van der Waals surface area contributed by atoms with Crippen LogP contribution in [0.5, 0.6) is 0 Å². The molecule has 3 heteroatoms. The van der Waals surface area contributed by atoms with Crippen molar-refractivity contribution in [2.45, 2.75) is 69.5 Å². The second-order valence-electron chi connectivity index (χ2n) is 5.50. The van der Waals surface area contributed by atoms with Gasteiger partial charge in [0.05, 0.1) is 6.61 Å². The number of likely N-dealkylation sites (tertiary alicyclic amines) is 1. The minimum atomic E-state index is 0.325. The van der Waals surface area contributed by atoms with Gasteiger partial charge < -0.3 is 10.8 Å². The summed E-state index contributed by atoms with van der Waals surface area (Å²) in [7, 11) is 0. The van der Waals surface area contributed by atoms with Gasteiger partial charge in [-0.1, -0.05) is 19.3 Å². The van der Waals surface area contributed by atoms with Crippen LogP contribution in [0.15, 0.2) is 0 Å². The lowest BCUT2D eigenvalue weighted by Crippen LogP contribution is -2.48. The summed E-state index contributed by atoms with van der Waals surface area (Å²) >= 11 is 0. The van der Waals surface area contributed by atoms with Crippen LogP contribution in [0, 0.1) is 0 Å². The van der Waals surface area contributed by atoms with Crippen molar-refractivity contribution < 1.29 is 5.11 Å². The average Bonchev–Trinajstić information content (AvgIpc) is 2.53. The van der Waals surface area contributed by atoms with E-state index in [1.165, 1.54) is 51.5 Å². The van der Waals surface area contributed by atoms with E-state index in [1.807, 2.05) is 0 Å². The van der Waals surface area contributed by atoms with Crippen LogP contribution in [0.4, 0.5) is 0 Å². The molecule has 3 nitrogen and oxygen atoms in total. The highest BCUT2D eigenvalue weighted by atomic mass is 16.3. The highest BCUT2D eigenvalue weighted by Crippen LogP contribution is 2.27. The third-order valence-electron chi connectivity index (χ3n) is 4.29. The third kappa shape index (κ3) is 2.96. The zero-order valence-corrected chi connectivity index (χ0v) is 10.3. The van der Waals surface area contributed by atoms with Crippen molar-refractivity contribution in [3.63, 3.8) is 0 Å². The summed E-state index contributed by atoms with van der Waals surface area (Å²) in [4.78, 5) is 2.56. The van der Waals surface area contributed by atoms with Crippen molar-refractivity contribution >= 4 is 0 Å². The molecule has 1 heterocycles. The molecule has 1 aliphatic heterocycles. The number of nitrogens with zero attached hydrogens (tertiary/aromatic N) is 1. The maximum absolute atomic E-state index is 9.51. The van der Waals surface area contributed by atoms with Crippen molar-refractivity contribution in [3.8, 4) is 0 Å². The van der Waals surface area contributed by atoms with Crippen LogP contribution in [-0.4, -0.2) is 41.3 Å². The molecule has 1 saturated carbocycles. The predicted octanol–water partition coefficient (Wildman–Crippen LogP) is 1.49. The Morgan fingerprint density at radius 3 is 2.69 bits per heavy atom. The van der Waals surface area contributed by atoms with Crippen LogP contribution in [0.2, 0.25) is 0 Å². The second-order valence-corrected chi connectivity index (χ2v) is 5.50. The minimum absolute atomic E-state index is 0.325. The smallest absolute Gasteiger partial charge is 0.0586 e. The molecule has 0 aromatic rings. The van der Waals surface area contributed by atoms with Gasteiger partial charge in [-0.3, -0.25) is 4.90 Å². The molecule has 3 unspecified atom stereocenters. The molecule has 16 heavy (non-hydrogen) atoms. The lowest BCUT2D eigenvalue weighted by Gasteiger charge is -2.40. The van der Waals surface area contributed by atoms with Crippen molar-refractivity contribution in [1.29, 1.82) is 0 Å². The molecule has 0 aromatic carbocycles. The lowest BCUT2D eigenvalue weighted by molar-refractivity contribution is 0.0631. The summed E-state index contributed by atoms with van der Waals surface area (Å²) in [5, 5.41) is 9.51. The van der Waals surface area contributed by atoms with Gasteiger partial charge in [0.1, 0.15) is 0 Å². The Morgan fingerprint density at radius 1 is 1.06 bits per heavy atom. The first-order valence-electron chi connectivity index (χ1n) is 6.93. The number of nitrogens with two attached hydrogens (primary N) is 1. The monoisotopic (exact) mass is 226 g/mol. The summed E-state index contributed by atoms with van der Waals surface area (Å²) in [6.45, 7) is 1.49. The van der Waals surface area contributed by atoms with Crippen molar-refractivity contribution in [2.24, 2.45) is 5.73 Å². The van der Waals surface area contributed by atoms with E-state index in [9.17, 15) is 5.11 Å². The van der Waals surface area contributed by atoms with E-state index < -0.39 is 0 Å². The van der Waals surface area contributed by atoms with Gasteiger partial charge in [-0.05, 0) is 38.6 Å². The fourth-order valence-corrected chi connectivity index (χ4v) is 3.38. The summed E-state index contributed by atoms with van der Waals surface area (Å²) in [6.07, 6.45) is 9.94. The van der Waals surface area contributed by atoms with E-state index in [4.69, 9.17) is 5.73 Å². The molecule has 0 radical (unpaired) electrons. The minimum Gasteiger partial charge on any atom is -0.395 e. The van der Waals surface area contributed by atoms with Gasteiger partial charge in [-0.2, -0.15) is 0 Å². The Balaban J connectivity index is 1.97. The molecular formula is C13H26N2O. The van der Waals surface area contributed by atoms with Crippen LogP contribution < -0.4 is 5.73 Å². The quantitative estimate of drug-likeness (QED) is 0.750. The van der Waals surface area contributed by atoms with E-state index in [-0.39, 0.29) is 0 Å². The standard InChI is InChI=1S/C13H26N2O/c14-11-5-4-7-12(9-11)15-8-3-1-2-6-13(15)10-16/h11-13,16H,1-10,14H2. The molecule has 2 fully saturated rings. The molecular weight excluding hydrogens is 200 g/mol. The van der Waals surface area contributed by atoms with E-state index in [2.05, 4.69) is 4.90 Å². The Morgan fingerprint density at radius 2 is 1.94 bits per heavy atom. The van der Waals surface area contributed by atoms with Crippen molar-refractivity contribution in [3.05, 3.63) is 0 Å².